The Morgan fingerprint density at radius 3 is 2.36 bits per heavy atom. The van der Waals surface area contributed by atoms with Gasteiger partial charge in [-0.3, -0.25) is 9.09 Å². The lowest BCUT2D eigenvalue weighted by Gasteiger charge is -2.24. The second kappa shape index (κ2) is 11.8. The summed E-state index contributed by atoms with van der Waals surface area (Å²) in [6.45, 7) is -1.08. The number of phosphoric acid groups is 3. The highest BCUT2D eigenvalue weighted by Gasteiger charge is 2.49. The quantitative estimate of drug-likeness (QED) is 0.0806. The van der Waals surface area contributed by atoms with Gasteiger partial charge in [-0.2, -0.15) is 8.62 Å². The fourth-order valence-corrected chi connectivity index (χ4v) is 6.79. The van der Waals surface area contributed by atoms with Crippen LogP contribution in [-0.2, 0) is 31.6 Å². The molecule has 0 spiro atoms. The molecule has 3 aromatic rings. The molecule has 0 saturated carbocycles. The van der Waals surface area contributed by atoms with E-state index < -0.39 is 66.1 Å². The van der Waals surface area contributed by atoms with Crippen LogP contribution in [0.5, 0.6) is 5.75 Å². The minimum absolute atomic E-state index is 0.0263. The Morgan fingerprint density at radius 1 is 1.00 bits per heavy atom. The van der Waals surface area contributed by atoms with E-state index in [4.69, 9.17) is 30.7 Å². The van der Waals surface area contributed by atoms with Crippen LogP contribution in [0.15, 0.2) is 35.1 Å². The maximum atomic E-state index is 12.3. The van der Waals surface area contributed by atoms with Crippen molar-refractivity contribution in [1.82, 2.24) is 19.5 Å². The van der Waals surface area contributed by atoms with Gasteiger partial charge in [0.05, 0.1) is 18.6 Å². The molecule has 0 bridgehead atoms. The summed E-state index contributed by atoms with van der Waals surface area (Å²) in [6, 6.07) is 1.93. The number of phosphoric ester groups is 1. The normalized spacial score (nSPS) is 23.7. The van der Waals surface area contributed by atoms with Gasteiger partial charge in [0.15, 0.2) is 35.2 Å². The fourth-order valence-electron chi connectivity index (χ4n) is 3.76. The van der Waals surface area contributed by atoms with E-state index in [2.05, 4.69) is 38.5 Å². The van der Waals surface area contributed by atoms with Crippen molar-refractivity contribution >= 4 is 57.5 Å². The zero-order valence-electron chi connectivity index (χ0n) is 20.3. The summed E-state index contributed by atoms with van der Waals surface area (Å²) in [5.74, 6) is -0.488. The first-order valence-corrected chi connectivity index (χ1v) is 15.4. The monoisotopic (exact) mass is 656 g/mol. The molecule has 1 aromatic carbocycles. The topological polar surface area (TPSA) is 353 Å². The third kappa shape index (κ3) is 7.01. The molecule has 1 aliphatic rings. The molecule has 0 aliphatic carbocycles. The third-order valence-electron chi connectivity index (χ3n) is 5.33. The molecular formula is C16H19N8O15P3. The van der Waals surface area contributed by atoms with Crippen LogP contribution in [0.4, 0.5) is 22.9 Å². The van der Waals surface area contributed by atoms with Crippen LogP contribution < -0.4 is 16.2 Å². The number of nitrogens with zero attached hydrogens (tertiary/aromatic N) is 6. The van der Waals surface area contributed by atoms with Crippen molar-refractivity contribution in [3.8, 4) is 5.75 Å². The van der Waals surface area contributed by atoms with Gasteiger partial charge in [0.25, 0.3) is 0 Å². The summed E-state index contributed by atoms with van der Waals surface area (Å²) < 4.78 is 59.4. The second-order valence-corrected chi connectivity index (χ2v) is 12.6. The summed E-state index contributed by atoms with van der Waals surface area (Å²) in [5.41, 5.74) is 10.7. The lowest BCUT2D eigenvalue weighted by molar-refractivity contribution is -0.0496. The number of fused-ring (bicyclic) bond motifs is 1. The molecule has 2 aromatic heterocycles. The van der Waals surface area contributed by atoms with Gasteiger partial charge >= 0.3 is 23.5 Å². The van der Waals surface area contributed by atoms with Crippen LogP contribution >= 0.6 is 23.5 Å². The number of aliphatic hydroxyl groups excluding tert-OH is 1. The molecule has 0 radical (unpaired) electrons. The minimum atomic E-state index is -5.85. The molecule has 3 heterocycles. The molecule has 0 amide bonds. The Morgan fingerprint density at radius 2 is 1.71 bits per heavy atom. The van der Waals surface area contributed by atoms with Gasteiger partial charge in [0.2, 0.25) is 0 Å². The van der Waals surface area contributed by atoms with Crippen LogP contribution in [-0.4, -0.2) is 69.1 Å². The number of hydrogen-bond donors (Lipinski definition) is 7. The van der Waals surface area contributed by atoms with Crippen LogP contribution in [0.25, 0.3) is 11.2 Å². The van der Waals surface area contributed by atoms with Crippen LogP contribution in [0.3, 0.4) is 0 Å². The van der Waals surface area contributed by atoms with Gasteiger partial charge in [-0.15, -0.1) is 9.81 Å². The average Bonchev–Trinajstić information content (AvgIpc) is 3.43. The number of ether oxygens (including phenoxy) is 2. The Labute approximate surface area is 231 Å². The number of hydrogen-bond acceptors (Lipinski definition) is 18. The number of rotatable bonds is 12. The zero-order valence-corrected chi connectivity index (χ0v) is 23.0. The van der Waals surface area contributed by atoms with Crippen molar-refractivity contribution in [2.45, 2.75) is 24.5 Å². The highest BCUT2D eigenvalue weighted by atomic mass is 31.3. The van der Waals surface area contributed by atoms with Crippen molar-refractivity contribution < 1.29 is 61.0 Å². The predicted octanol–water partition coefficient (Wildman–Crippen LogP) is 0.836. The maximum Gasteiger partial charge on any atom is 0.490 e. The molecule has 26 heteroatoms. The van der Waals surface area contributed by atoms with E-state index in [-0.39, 0.29) is 28.4 Å². The summed E-state index contributed by atoms with van der Waals surface area (Å²) in [5, 5.41) is 16.5. The van der Waals surface area contributed by atoms with Gasteiger partial charge in [-0.05, 0) is 16.4 Å². The first-order valence-electron chi connectivity index (χ1n) is 10.9. The fraction of sp³-hybridized carbons (Fsp3) is 0.312. The lowest BCUT2D eigenvalue weighted by atomic mass is 10.1. The van der Waals surface area contributed by atoms with Gasteiger partial charge < -0.3 is 45.6 Å². The number of imidazole rings is 1. The number of anilines is 2. The van der Waals surface area contributed by atoms with E-state index in [0.29, 0.717) is 0 Å². The van der Waals surface area contributed by atoms with E-state index in [1.807, 2.05) is 0 Å². The number of aliphatic hydroxyl groups is 1. The molecule has 42 heavy (non-hydrogen) atoms. The van der Waals surface area contributed by atoms with Gasteiger partial charge in [-0.25, -0.2) is 28.6 Å². The van der Waals surface area contributed by atoms with Crippen LogP contribution in [0.1, 0.15) is 6.23 Å². The van der Waals surface area contributed by atoms with Crippen LogP contribution in [0.2, 0.25) is 0 Å². The number of benzene rings is 1. The largest absolute Gasteiger partial charge is 0.490 e. The summed E-state index contributed by atoms with van der Waals surface area (Å²) in [6.07, 6.45) is -4.19. The number of nitrogen functional groups attached to an aromatic ring is 2. The molecule has 1 fully saturated rings. The van der Waals surface area contributed by atoms with Crippen molar-refractivity contribution in [2.75, 3.05) is 18.1 Å². The molecule has 1 aliphatic heterocycles. The number of aromatic nitrogens is 4. The van der Waals surface area contributed by atoms with Crippen molar-refractivity contribution in [1.29, 1.82) is 0 Å². The Hall–Kier alpha value is -3.30. The Balaban J connectivity index is 1.66. The lowest BCUT2D eigenvalue weighted by Crippen LogP contribution is -2.39. The standard InChI is InChI=1S/C16H19N8O15P3/c17-7-1-6(22-26)2-8(23-27)12(7)37-13-9(3-35-41(31,32)39-42(33,34)38-40(28,29)30)36-16(11(13)25)24-5-21-10-14(18)19-4-20-15(10)24/h1-2,4-5,9,11,13,16,25H,3,17H2,(H,31,32)(H,33,34)(H2,18,19,20)(H2,28,29,30)/t9-,11?,13?,16-/m1/s1. The molecular weight excluding hydrogens is 637 g/mol. The smallest absolute Gasteiger partial charge is 0.480 e. The summed E-state index contributed by atoms with van der Waals surface area (Å²) in [4.78, 5) is 70.8. The summed E-state index contributed by atoms with van der Waals surface area (Å²) >= 11 is 0. The second-order valence-electron chi connectivity index (χ2n) is 8.17. The molecule has 9 N–H and O–H groups in total. The van der Waals surface area contributed by atoms with E-state index >= 15 is 0 Å². The first kappa shape index (κ1) is 31.6. The Kier molecular flexibility index (Phi) is 8.86. The van der Waals surface area contributed by atoms with Crippen molar-refractivity contribution in [2.24, 2.45) is 10.4 Å². The number of nitrogens with two attached hydrogens (primary N) is 2. The van der Waals surface area contributed by atoms with Gasteiger partial charge in [-0.1, -0.05) is 0 Å². The third-order valence-corrected chi connectivity index (χ3v) is 9.13. The van der Waals surface area contributed by atoms with Gasteiger partial charge in [0, 0.05) is 6.07 Å². The SMILES string of the molecule is Nc1cc(N=O)cc(N=O)c1OC1C(O)[C@H](n2cnc3c(N)ncnc32)O[C@@H]1COP(=O)(O)OP(=O)(O)OP(=O)(O)O. The molecule has 4 rings (SSSR count). The first-order chi connectivity index (χ1) is 19.5. The number of nitroso groups, excluding NO2 is 2. The predicted molar refractivity (Wildman–Crippen MR) is 136 cm³/mol. The molecule has 228 valence electrons. The van der Waals surface area contributed by atoms with Gasteiger partial charge in [0.1, 0.15) is 29.7 Å². The Bertz CT molecular complexity index is 1670. The summed E-state index contributed by atoms with van der Waals surface area (Å²) in [7, 11) is -17.1. The molecule has 4 unspecified atom stereocenters. The van der Waals surface area contributed by atoms with E-state index in [1.165, 1.54) is 4.57 Å². The maximum absolute atomic E-state index is 12.3. The van der Waals surface area contributed by atoms with E-state index in [1.54, 1.807) is 0 Å². The van der Waals surface area contributed by atoms with Crippen molar-refractivity contribution in [3.05, 3.63) is 34.6 Å². The van der Waals surface area contributed by atoms with E-state index in [0.717, 1.165) is 24.8 Å². The molecule has 1 saturated heterocycles. The highest BCUT2D eigenvalue weighted by molar-refractivity contribution is 7.66. The van der Waals surface area contributed by atoms with Crippen LogP contribution in [0, 0.1) is 9.81 Å². The molecule has 23 nitrogen and oxygen atoms in total. The average molecular weight is 656 g/mol. The van der Waals surface area contributed by atoms with E-state index in [9.17, 15) is 38.4 Å². The zero-order chi connectivity index (χ0) is 31.0. The minimum Gasteiger partial charge on any atom is -0.480 e. The van der Waals surface area contributed by atoms with Crippen molar-refractivity contribution in [3.63, 3.8) is 0 Å². The molecule has 6 atom stereocenters. The highest BCUT2D eigenvalue weighted by Crippen LogP contribution is 2.66.